The van der Waals surface area contributed by atoms with E-state index in [0.29, 0.717) is 38.3 Å². The van der Waals surface area contributed by atoms with E-state index in [2.05, 4.69) is 11.0 Å². The van der Waals surface area contributed by atoms with Crippen LogP contribution in [0.15, 0.2) is 27.4 Å². The van der Waals surface area contributed by atoms with Gasteiger partial charge in [0.05, 0.1) is 6.26 Å². The number of rotatable bonds is 3. The van der Waals surface area contributed by atoms with Gasteiger partial charge in [0, 0.05) is 44.2 Å². The van der Waals surface area contributed by atoms with Gasteiger partial charge >= 0.3 is 5.63 Å². The Bertz CT molecular complexity index is 972. The molecule has 1 saturated heterocycles. The number of sulfonamides is 1. The van der Waals surface area contributed by atoms with E-state index >= 15 is 0 Å². The van der Waals surface area contributed by atoms with Gasteiger partial charge in [0.2, 0.25) is 10.0 Å². The first kappa shape index (κ1) is 16.8. The summed E-state index contributed by atoms with van der Waals surface area (Å²) < 4.78 is 30.2. The average molecular weight is 362 g/mol. The normalized spacial score (nSPS) is 19.4. The maximum Gasteiger partial charge on any atom is 0.336 e. The van der Waals surface area contributed by atoms with Gasteiger partial charge in [-0.25, -0.2) is 13.2 Å². The minimum atomic E-state index is -3.13. The second kappa shape index (κ2) is 6.23. The Morgan fingerprint density at radius 1 is 1.04 bits per heavy atom. The van der Waals surface area contributed by atoms with Crippen molar-refractivity contribution in [2.45, 2.75) is 25.8 Å². The summed E-state index contributed by atoms with van der Waals surface area (Å²) in [4.78, 5) is 14.2. The highest BCUT2D eigenvalue weighted by molar-refractivity contribution is 7.88. The van der Waals surface area contributed by atoms with Gasteiger partial charge in [-0.3, -0.25) is 4.90 Å². The number of nitrogens with zero attached hydrogens (tertiary/aromatic N) is 2. The molecule has 25 heavy (non-hydrogen) atoms. The van der Waals surface area contributed by atoms with Crippen molar-refractivity contribution in [3.05, 3.63) is 45.3 Å². The van der Waals surface area contributed by atoms with Crippen LogP contribution in [0.2, 0.25) is 0 Å². The predicted molar refractivity (Wildman–Crippen MR) is 96.2 cm³/mol. The van der Waals surface area contributed by atoms with E-state index in [9.17, 15) is 13.2 Å². The zero-order valence-electron chi connectivity index (χ0n) is 14.3. The molecule has 0 radical (unpaired) electrons. The molecule has 7 heteroatoms. The van der Waals surface area contributed by atoms with Gasteiger partial charge < -0.3 is 4.42 Å². The van der Waals surface area contributed by atoms with Crippen LogP contribution in [0.3, 0.4) is 0 Å². The maximum atomic E-state index is 12.0. The zero-order valence-corrected chi connectivity index (χ0v) is 15.1. The summed E-state index contributed by atoms with van der Waals surface area (Å²) in [6.45, 7) is 2.96. The topological polar surface area (TPSA) is 70.8 Å². The Labute approximate surface area is 147 Å². The fraction of sp³-hybridized carbons (Fsp3) is 0.500. The second-order valence-electron chi connectivity index (χ2n) is 7.00. The van der Waals surface area contributed by atoms with Crippen LogP contribution in [-0.2, 0) is 29.4 Å². The van der Waals surface area contributed by atoms with E-state index in [0.717, 1.165) is 30.2 Å². The minimum Gasteiger partial charge on any atom is -0.423 e. The van der Waals surface area contributed by atoms with Crippen molar-refractivity contribution < 1.29 is 12.8 Å². The number of piperazine rings is 1. The molecule has 0 N–H and O–H groups in total. The first-order valence-electron chi connectivity index (χ1n) is 8.66. The highest BCUT2D eigenvalue weighted by Crippen LogP contribution is 2.29. The Balaban J connectivity index is 1.61. The molecule has 6 nitrogen and oxygen atoms in total. The van der Waals surface area contributed by atoms with Crippen LogP contribution in [0.5, 0.6) is 0 Å². The fourth-order valence-electron chi connectivity index (χ4n) is 3.89. The summed E-state index contributed by atoms with van der Waals surface area (Å²) >= 11 is 0. The van der Waals surface area contributed by atoms with Crippen molar-refractivity contribution in [3.8, 4) is 0 Å². The van der Waals surface area contributed by atoms with Crippen LogP contribution < -0.4 is 5.63 Å². The quantitative estimate of drug-likeness (QED) is 0.771. The lowest BCUT2D eigenvalue weighted by atomic mass is 10.0. The molecule has 2 aliphatic rings. The molecular formula is C18H22N2O4S. The van der Waals surface area contributed by atoms with Crippen LogP contribution in [0.1, 0.15) is 23.1 Å². The zero-order chi connectivity index (χ0) is 17.6. The lowest BCUT2D eigenvalue weighted by Crippen LogP contribution is -2.47. The van der Waals surface area contributed by atoms with Crippen molar-refractivity contribution in [3.63, 3.8) is 0 Å². The number of aryl methyl sites for hydroxylation is 2. The minimum absolute atomic E-state index is 0.324. The molecule has 0 saturated carbocycles. The van der Waals surface area contributed by atoms with Gasteiger partial charge in [-0.05, 0) is 48.1 Å². The summed E-state index contributed by atoms with van der Waals surface area (Å²) in [7, 11) is -3.13. The molecule has 134 valence electrons. The van der Waals surface area contributed by atoms with Crippen LogP contribution in [0.4, 0.5) is 0 Å². The summed E-state index contributed by atoms with van der Waals surface area (Å²) in [5, 5.41) is 1.01. The fourth-order valence-corrected chi connectivity index (χ4v) is 4.71. The summed E-state index contributed by atoms with van der Waals surface area (Å²) in [5.74, 6) is 0. The predicted octanol–water partition coefficient (Wildman–Crippen LogP) is 1.36. The van der Waals surface area contributed by atoms with E-state index < -0.39 is 10.0 Å². The molecule has 1 aromatic heterocycles. The Morgan fingerprint density at radius 3 is 2.40 bits per heavy atom. The first-order valence-corrected chi connectivity index (χ1v) is 10.5. The standard InChI is InChI=1S/C18H22N2O4S/c1-25(22,23)20-7-5-19(6-8-20)12-15-11-18(21)24-17-10-14-4-2-3-13(14)9-16(15)17/h9-11H,2-8,12H2,1H3. The Kier molecular flexibility index (Phi) is 4.17. The molecule has 0 bridgehead atoms. The summed E-state index contributed by atoms with van der Waals surface area (Å²) in [6, 6.07) is 5.76. The molecular weight excluding hydrogens is 340 g/mol. The van der Waals surface area contributed by atoms with Gasteiger partial charge in [-0.15, -0.1) is 0 Å². The lowest BCUT2D eigenvalue weighted by Gasteiger charge is -2.33. The third-order valence-corrected chi connectivity index (χ3v) is 6.54. The molecule has 0 atom stereocenters. The first-order chi connectivity index (χ1) is 11.9. The van der Waals surface area contributed by atoms with E-state index in [1.807, 2.05) is 6.07 Å². The van der Waals surface area contributed by atoms with Gasteiger partial charge in [0.15, 0.2) is 0 Å². The van der Waals surface area contributed by atoms with Gasteiger partial charge in [-0.2, -0.15) is 4.31 Å². The van der Waals surface area contributed by atoms with Crippen molar-refractivity contribution >= 4 is 21.0 Å². The molecule has 2 aromatic rings. The van der Waals surface area contributed by atoms with Crippen LogP contribution in [0.25, 0.3) is 11.0 Å². The summed E-state index contributed by atoms with van der Waals surface area (Å²) in [5.41, 5.74) is 3.95. The van der Waals surface area contributed by atoms with Crippen LogP contribution in [-0.4, -0.2) is 50.1 Å². The van der Waals surface area contributed by atoms with E-state index in [1.54, 1.807) is 6.07 Å². The third kappa shape index (κ3) is 3.36. The molecule has 1 aliphatic carbocycles. The molecule has 0 unspecified atom stereocenters. The van der Waals surface area contributed by atoms with Gasteiger partial charge in [0.1, 0.15) is 5.58 Å². The molecule has 0 spiro atoms. The highest BCUT2D eigenvalue weighted by atomic mass is 32.2. The summed E-state index contributed by atoms with van der Waals surface area (Å²) in [6.07, 6.45) is 4.53. The largest absolute Gasteiger partial charge is 0.423 e. The average Bonchev–Trinajstić information content (AvgIpc) is 3.00. The van der Waals surface area contributed by atoms with Crippen LogP contribution in [0, 0.1) is 0 Å². The van der Waals surface area contributed by atoms with Crippen molar-refractivity contribution in [1.82, 2.24) is 9.21 Å². The number of hydrogen-bond donors (Lipinski definition) is 0. The Hall–Kier alpha value is -1.70. The van der Waals surface area contributed by atoms with E-state index in [4.69, 9.17) is 4.42 Å². The number of hydrogen-bond acceptors (Lipinski definition) is 5. The molecule has 1 aromatic carbocycles. The maximum absolute atomic E-state index is 12.0. The van der Waals surface area contributed by atoms with Crippen molar-refractivity contribution in [2.75, 3.05) is 32.4 Å². The number of benzene rings is 1. The van der Waals surface area contributed by atoms with E-state index in [-0.39, 0.29) is 5.63 Å². The molecule has 2 heterocycles. The van der Waals surface area contributed by atoms with Crippen LogP contribution >= 0.6 is 0 Å². The lowest BCUT2D eigenvalue weighted by molar-refractivity contribution is 0.182. The van der Waals surface area contributed by atoms with E-state index in [1.165, 1.54) is 21.7 Å². The smallest absolute Gasteiger partial charge is 0.336 e. The molecule has 4 rings (SSSR count). The molecule has 0 amide bonds. The SMILES string of the molecule is CS(=O)(=O)N1CCN(Cc2cc(=O)oc3cc4c(cc23)CCC4)CC1. The molecule has 1 aliphatic heterocycles. The highest BCUT2D eigenvalue weighted by Gasteiger charge is 2.24. The van der Waals surface area contributed by atoms with Gasteiger partial charge in [-0.1, -0.05) is 0 Å². The third-order valence-electron chi connectivity index (χ3n) is 5.24. The number of fused-ring (bicyclic) bond motifs is 2. The van der Waals surface area contributed by atoms with Crippen molar-refractivity contribution in [1.29, 1.82) is 0 Å². The van der Waals surface area contributed by atoms with Crippen molar-refractivity contribution in [2.24, 2.45) is 0 Å². The monoisotopic (exact) mass is 362 g/mol. The molecule has 1 fully saturated rings. The Morgan fingerprint density at radius 2 is 1.72 bits per heavy atom. The van der Waals surface area contributed by atoms with Gasteiger partial charge in [0.25, 0.3) is 0 Å². The second-order valence-corrected chi connectivity index (χ2v) is 8.98.